The number of thiazole rings is 1. The van der Waals surface area contributed by atoms with Gasteiger partial charge in [-0.2, -0.15) is 16.6 Å². The third kappa shape index (κ3) is 3.90. The predicted molar refractivity (Wildman–Crippen MR) is 106 cm³/mol. The van der Waals surface area contributed by atoms with Gasteiger partial charge in [-0.3, -0.25) is 4.79 Å². The zero-order valence-electron chi connectivity index (χ0n) is 14.3. The lowest BCUT2D eigenvalue weighted by atomic mass is 10.1. The van der Waals surface area contributed by atoms with Crippen molar-refractivity contribution >= 4 is 28.6 Å². The van der Waals surface area contributed by atoms with Crippen LogP contribution >= 0.6 is 22.7 Å². The highest BCUT2D eigenvalue weighted by molar-refractivity contribution is 7.17. The highest BCUT2D eigenvalue weighted by Gasteiger charge is 2.21. The number of hydrogen-bond acceptors (Lipinski definition) is 5. The Balaban J connectivity index is 1.84. The molecule has 0 bridgehead atoms. The number of rotatable bonds is 6. The van der Waals surface area contributed by atoms with E-state index in [2.05, 4.69) is 17.6 Å². The van der Waals surface area contributed by atoms with Crippen LogP contribution in [0.5, 0.6) is 0 Å². The smallest absolute Gasteiger partial charge is 0.266 e. The van der Waals surface area contributed by atoms with Gasteiger partial charge in [-0.1, -0.05) is 18.2 Å². The van der Waals surface area contributed by atoms with Crippen LogP contribution in [0.15, 0.2) is 53.7 Å². The molecule has 6 heteroatoms. The van der Waals surface area contributed by atoms with Gasteiger partial charge in [-0.05, 0) is 36.1 Å². The highest BCUT2D eigenvalue weighted by Crippen LogP contribution is 2.30. The molecule has 1 aromatic carbocycles. The Morgan fingerprint density at radius 2 is 2.12 bits per heavy atom. The first-order valence-electron chi connectivity index (χ1n) is 8.01. The van der Waals surface area contributed by atoms with Crippen molar-refractivity contribution in [2.75, 3.05) is 6.54 Å². The van der Waals surface area contributed by atoms with E-state index in [4.69, 9.17) is 5.26 Å². The van der Waals surface area contributed by atoms with E-state index in [1.54, 1.807) is 34.4 Å². The largest absolute Gasteiger partial charge is 0.330 e. The van der Waals surface area contributed by atoms with E-state index in [1.165, 1.54) is 11.3 Å². The Labute approximate surface area is 160 Å². The van der Waals surface area contributed by atoms with E-state index in [0.29, 0.717) is 23.5 Å². The molecule has 0 radical (unpaired) electrons. The lowest BCUT2D eigenvalue weighted by Gasteiger charge is -2.20. The van der Waals surface area contributed by atoms with Crippen LogP contribution in [-0.2, 0) is 6.54 Å². The van der Waals surface area contributed by atoms with Gasteiger partial charge >= 0.3 is 0 Å². The van der Waals surface area contributed by atoms with Crippen LogP contribution in [0.1, 0.15) is 26.5 Å². The van der Waals surface area contributed by atoms with Gasteiger partial charge in [0.05, 0.1) is 17.3 Å². The van der Waals surface area contributed by atoms with E-state index in [-0.39, 0.29) is 5.91 Å². The minimum atomic E-state index is -0.0502. The summed E-state index contributed by atoms with van der Waals surface area (Å²) in [6.07, 6.45) is 1.72. The van der Waals surface area contributed by atoms with Gasteiger partial charge in [0, 0.05) is 24.0 Å². The Bertz CT molecular complexity index is 950. The van der Waals surface area contributed by atoms with Gasteiger partial charge in [-0.25, -0.2) is 4.98 Å². The fraction of sp³-hybridized carbons (Fsp3) is 0.150. The summed E-state index contributed by atoms with van der Waals surface area (Å²) in [5.41, 5.74) is 3.37. The van der Waals surface area contributed by atoms with Crippen molar-refractivity contribution in [1.82, 2.24) is 9.88 Å². The zero-order valence-corrected chi connectivity index (χ0v) is 15.9. The van der Waals surface area contributed by atoms with Gasteiger partial charge in [0.15, 0.2) is 0 Å². The average molecular weight is 380 g/mol. The van der Waals surface area contributed by atoms with Gasteiger partial charge in [0.25, 0.3) is 5.91 Å². The molecule has 3 aromatic rings. The molecule has 3 rings (SSSR count). The molecule has 0 atom stereocenters. The number of nitriles is 1. The molecule has 0 unspecified atom stereocenters. The molecule has 0 saturated carbocycles. The first-order chi connectivity index (χ1) is 12.6. The van der Waals surface area contributed by atoms with Crippen LogP contribution in [0.25, 0.3) is 10.6 Å². The van der Waals surface area contributed by atoms with E-state index < -0.39 is 0 Å². The molecule has 0 aliphatic heterocycles. The van der Waals surface area contributed by atoms with Crippen LogP contribution in [0.2, 0.25) is 0 Å². The van der Waals surface area contributed by atoms with Gasteiger partial charge in [0.1, 0.15) is 9.88 Å². The van der Waals surface area contributed by atoms with Crippen LogP contribution in [-0.4, -0.2) is 22.3 Å². The lowest BCUT2D eigenvalue weighted by molar-refractivity contribution is 0.0766. The molecule has 130 valence electrons. The van der Waals surface area contributed by atoms with E-state index >= 15 is 0 Å². The van der Waals surface area contributed by atoms with Crippen LogP contribution in [0.4, 0.5) is 0 Å². The predicted octanol–water partition coefficient (Wildman–Crippen LogP) is 4.88. The summed E-state index contributed by atoms with van der Waals surface area (Å²) in [6.45, 7) is 6.54. The molecule has 0 spiro atoms. The topological polar surface area (TPSA) is 57.0 Å². The number of nitrogens with zero attached hydrogens (tertiary/aromatic N) is 3. The summed E-state index contributed by atoms with van der Waals surface area (Å²) in [7, 11) is 0. The van der Waals surface area contributed by atoms with Crippen molar-refractivity contribution in [1.29, 1.82) is 5.26 Å². The van der Waals surface area contributed by atoms with Crippen LogP contribution < -0.4 is 0 Å². The number of aryl methyl sites for hydroxylation is 1. The quantitative estimate of drug-likeness (QED) is 0.574. The third-order valence-electron chi connectivity index (χ3n) is 3.85. The van der Waals surface area contributed by atoms with E-state index in [9.17, 15) is 4.79 Å². The molecular weight excluding hydrogens is 362 g/mol. The van der Waals surface area contributed by atoms with Gasteiger partial charge in [-0.15, -0.1) is 17.9 Å². The summed E-state index contributed by atoms with van der Waals surface area (Å²) in [5, 5.41) is 13.8. The number of benzene rings is 1. The maximum atomic E-state index is 13.1. The summed E-state index contributed by atoms with van der Waals surface area (Å²) in [6, 6.07) is 11.4. The highest BCUT2D eigenvalue weighted by atomic mass is 32.1. The molecule has 4 nitrogen and oxygen atoms in total. The fourth-order valence-corrected chi connectivity index (χ4v) is 4.27. The van der Waals surface area contributed by atoms with Crippen molar-refractivity contribution in [2.24, 2.45) is 0 Å². The minimum Gasteiger partial charge on any atom is -0.330 e. The third-order valence-corrected chi connectivity index (χ3v) is 5.73. The second-order valence-corrected chi connectivity index (χ2v) is 7.51. The Morgan fingerprint density at radius 1 is 1.35 bits per heavy atom. The molecule has 1 amide bonds. The van der Waals surface area contributed by atoms with Crippen molar-refractivity contribution in [3.05, 3.63) is 75.4 Å². The summed E-state index contributed by atoms with van der Waals surface area (Å²) in [4.78, 5) is 20.0. The summed E-state index contributed by atoms with van der Waals surface area (Å²) in [5.74, 6) is -0.0502. The van der Waals surface area contributed by atoms with Crippen LogP contribution in [0, 0.1) is 18.3 Å². The standard InChI is InChI=1S/C20H17N3OS2/c1-3-9-23(12-16-6-4-15(11-21)5-7-16)20(24)18-14(2)22-19(26-18)17-8-10-25-13-17/h3-8,10,13H,1,9,12H2,2H3. The maximum Gasteiger partial charge on any atom is 0.266 e. The molecule has 0 N–H and O–H groups in total. The number of carbonyl (C=O) groups is 1. The van der Waals surface area contributed by atoms with Crippen molar-refractivity contribution < 1.29 is 4.79 Å². The Hall–Kier alpha value is -2.75. The second-order valence-electron chi connectivity index (χ2n) is 5.73. The number of carbonyl (C=O) groups excluding carboxylic acids is 1. The monoisotopic (exact) mass is 379 g/mol. The van der Waals surface area contributed by atoms with Crippen molar-refractivity contribution in [3.63, 3.8) is 0 Å². The first kappa shape index (κ1) is 18.1. The molecule has 2 aromatic heterocycles. The second kappa shape index (κ2) is 8.09. The Morgan fingerprint density at radius 3 is 2.73 bits per heavy atom. The molecule has 0 aliphatic rings. The first-order valence-corrected chi connectivity index (χ1v) is 9.77. The zero-order chi connectivity index (χ0) is 18.5. The van der Waals surface area contributed by atoms with Crippen LogP contribution in [0.3, 0.4) is 0 Å². The number of thiophene rings is 1. The average Bonchev–Trinajstić information content (AvgIpc) is 3.31. The lowest BCUT2D eigenvalue weighted by Crippen LogP contribution is -2.30. The van der Waals surface area contributed by atoms with Gasteiger partial charge < -0.3 is 4.90 Å². The molecule has 26 heavy (non-hydrogen) atoms. The fourth-order valence-electron chi connectivity index (χ4n) is 2.53. The number of hydrogen-bond donors (Lipinski definition) is 0. The van der Waals surface area contributed by atoms with Crippen molar-refractivity contribution in [3.8, 4) is 16.6 Å². The minimum absolute atomic E-state index is 0.0502. The summed E-state index contributed by atoms with van der Waals surface area (Å²) < 4.78 is 0. The van der Waals surface area contributed by atoms with Crippen molar-refractivity contribution in [2.45, 2.75) is 13.5 Å². The van der Waals surface area contributed by atoms with Gasteiger partial charge in [0.2, 0.25) is 0 Å². The van der Waals surface area contributed by atoms with E-state index in [1.807, 2.05) is 35.9 Å². The summed E-state index contributed by atoms with van der Waals surface area (Å²) >= 11 is 3.04. The molecule has 0 aliphatic carbocycles. The molecule has 2 heterocycles. The van der Waals surface area contributed by atoms with E-state index in [0.717, 1.165) is 21.8 Å². The number of aromatic nitrogens is 1. The normalized spacial score (nSPS) is 10.3. The molecule has 0 saturated heterocycles. The number of amides is 1. The SMILES string of the molecule is C=CCN(Cc1ccc(C#N)cc1)C(=O)c1sc(-c2ccsc2)nc1C. The Kier molecular flexibility index (Phi) is 5.61. The molecule has 0 fully saturated rings. The molecular formula is C20H17N3OS2. The maximum absolute atomic E-state index is 13.1.